The number of carbonyl (C=O) groups is 1. The molecule has 19 heavy (non-hydrogen) atoms. The van der Waals surface area contributed by atoms with Crippen molar-refractivity contribution < 1.29 is 9.72 Å². The first-order valence-electron chi connectivity index (χ1n) is 5.59. The van der Waals surface area contributed by atoms with E-state index in [1.54, 1.807) is 31.2 Å². The summed E-state index contributed by atoms with van der Waals surface area (Å²) in [6.45, 7) is 1.47. The molecule has 0 aliphatic carbocycles. The molecule has 7 nitrogen and oxygen atoms in total. The third-order valence-corrected chi connectivity index (χ3v) is 2.58. The largest absolute Gasteiger partial charge is 0.358 e. The first kappa shape index (κ1) is 12.7. The van der Waals surface area contributed by atoms with Gasteiger partial charge in [-0.1, -0.05) is 18.2 Å². The van der Waals surface area contributed by atoms with E-state index in [1.165, 1.54) is 4.57 Å². The number of nitrogens with zero attached hydrogens (tertiary/aromatic N) is 3. The van der Waals surface area contributed by atoms with Gasteiger partial charge in [0.15, 0.2) is 12.4 Å². The van der Waals surface area contributed by atoms with Gasteiger partial charge in [0.25, 0.3) is 5.91 Å². The highest BCUT2D eigenvalue weighted by atomic mass is 16.6. The summed E-state index contributed by atoms with van der Waals surface area (Å²) in [6, 6.07) is 8.90. The maximum absolute atomic E-state index is 11.8. The Morgan fingerprint density at radius 2 is 2.11 bits per heavy atom. The van der Waals surface area contributed by atoms with Crippen LogP contribution in [0.5, 0.6) is 0 Å². The summed E-state index contributed by atoms with van der Waals surface area (Å²) in [4.78, 5) is 25.9. The van der Waals surface area contributed by atoms with Crippen LogP contribution in [-0.2, 0) is 11.3 Å². The molecule has 2 rings (SSSR count). The van der Waals surface area contributed by atoms with Gasteiger partial charge in [-0.25, -0.2) is 9.55 Å². The monoisotopic (exact) mass is 260 g/mol. The van der Waals surface area contributed by atoms with Gasteiger partial charge < -0.3 is 15.4 Å². The van der Waals surface area contributed by atoms with Crippen LogP contribution in [0.1, 0.15) is 5.82 Å². The number of amides is 1. The van der Waals surface area contributed by atoms with Gasteiger partial charge in [0.1, 0.15) is 6.20 Å². The van der Waals surface area contributed by atoms with Crippen molar-refractivity contribution >= 4 is 17.4 Å². The Hall–Kier alpha value is -2.70. The molecule has 0 aliphatic rings. The minimum Gasteiger partial charge on any atom is -0.358 e. The highest BCUT2D eigenvalue weighted by Gasteiger charge is 2.20. The van der Waals surface area contributed by atoms with Crippen LogP contribution in [0.15, 0.2) is 36.5 Å². The van der Waals surface area contributed by atoms with E-state index in [9.17, 15) is 14.9 Å². The average molecular weight is 260 g/mol. The number of aromatic nitrogens is 2. The summed E-state index contributed by atoms with van der Waals surface area (Å²) < 4.78 is 1.26. The summed E-state index contributed by atoms with van der Waals surface area (Å²) in [5, 5.41) is 13.5. The Morgan fingerprint density at radius 3 is 2.74 bits per heavy atom. The molecule has 1 aromatic heterocycles. The molecule has 0 saturated carbocycles. The van der Waals surface area contributed by atoms with E-state index in [0.717, 1.165) is 6.20 Å². The van der Waals surface area contributed by atoms with E-state index in [1.807, 2.05) is 6.07 Å². The maximum atomic E-state index is 11.8. The standard InChI is InChI=1S/C12H12N4O3/c1-9-13-7-12(16(18)19)15(9)8-11(17)14-10-5-3-2-4-6-10/h2-7H,8H2,1H3,(H,14,17). The third kappa shape index (κ3) is 2.95. The Labute approximate surface area is 109 Å². The predicted octanol–water partition coefficient (Wildman–Crippen LogP) is 1.74. The zero-order chi connectivity index (χ0) is 13.8. The fourth-order valence-corrected chi connectivity index (χ4v) is 1.66. The third-order valence-electron chi connectivity index (χ3n) is 2.58. The fourth-order valence-electron chi connectivity index (χ4n) is 1.66. The Balaban J connectivity index is 2.11. The van der Waals surface area contributed by atoms with Gasteiger partial charge in [0.05, 0.1) is 0 Å². The van der Waals surface area contributed by atoms with Crippen LogP contribution < -0.4 is 5.32 Å². The number of hydrogen-bond donors (Lipinski definition) is 1. The second-order valence-electron chi connectivity index (χ2n) is 3.92. The lowest BCUT2D eigenvalue weighted by Gasteiger charge is -2.05. The van der Waals surface area contributed by atoms with Crippen molar-refractivity contribution in [2.24, 2.45) is 0 Å². The molecular formula is C12H12N4O3. The Kier molecular flexibility index (Phi) is 3.56. The number of benzene rings is 1. The molecule has 7 heteroatoms. The highest BCUT2D eigenvalue weighted by molar-refractivity contribution is 5.90. The van der Waals surface area contributed by atoms with Gasteiger partial charge in [-0.15, -0.1) is 0 Å². The van der Waals surface area contributed by atoms with Crippen molar-refractivity contribution in [3.63, 3.8) is 0 Å². The molecule has 0 saturated heterocycles. The molecule has 0 fully saturated rings. The molecule has 1 aromatic carbocycles. The normalized spacial score (nSPS) is 10.2. The molecule has 1 N–H and O–H groups in total. The molecule has 0 atom stereocenters. The number of rotatable bonds is 4. The Bertz CT molecular complexity index is 607. The van der Waals surface area contributed by atoms with E-state index in [2.05, 4.69) is 10.3 Å². The van der Waals surface area contributed by atoms with E-state index >= 15 is 0 Å². The minimum atomic E-state index is -0.560. The van der Waals surface area contributed by atoms with Crippen LogP contribution in [0.25, 0.3) is 0 Å². The second kappa shape index (κ2) is 5.30. The summed E-state index contributed by atoms with van der Waals surface area (Å²) in [6.07, 6.45) is 1.14. The number of aryl methyl sites for hydroxylation is 1. The number of para-hydroxylation sites is 1. The summed E-state index contributed by atoms with van der Waals surface area (Å²) >= 11 is 0. The molecule has 0 spiro atoms. The number of carbonyl (C=O) groups excluding carboxylic acids is 1. The van der Waals surface area contributed by atoms with Crippen molar-refractivity contribution in [1.82, 2.24) is 9.55 Å². The van der Waals surface area contributed by atoms with Crippen molar-refractivity contribution in [2.75, 3.05) is 5.32 Å². The van der Waals surface area contributed by atoms with Crippen molar-refractivity contribution in [2.45, 2.75) is 13.5 Å². The Morgan fingerprint density at radius 1 is 1.42 bits per heavy atom. The number of imidazole rings is 1. The van der Waals surface area contributed by atoms with Gasteiger partial charge in [-0.2, -0.15) is 0 Å². The number of nitro groups is 1. The van der Waals surface area contributed by atoms with Gasteiger partial charge >= 0.3 is 5.82 Å². The lowest BCUT2D eigenvalue weighted by atomic mass is 10.3. The summed E-state index contributed by atoms with van der Waals surface area (Å²) in [5.74, 6) is -0.106. The van der Waals surface area contributed by atoms with Crippen LogP contribution in [0, 0.1) is 17.0 Å². The molecule has 0 unspecified atom stereocenters. The van der Waals surface area contributed by atoms with Gasteiger partial charge in [0.2, 0.25) is 0 Å². The van der Waals surface area contributed by atoms with Crippen molar-refractivity contribution in [1.29, 1.82) is 0 Å². The molecule has 98 valence electrons. The SMILES string of the molecule is Cc1ncc([N+](=O)[O-])n1CC(=O)Nc1ccccc1. The smallest absolute Gasteiger partial charge is 0.343 e. The van der Waals surface area contributed by atoms with E-state index in [4.69, 9.17) is 0 Å². The van der Waals surface area contributed by atoms with Crippen LogP contribution in [-0.4, -0.2) is 20.4 Å². The quantitative estimate of drug-likeness (QED) is 0.669. The minimum absolute atomic E-state index is 0.142. The molecule has 0 aliphatic heterocycles. The van der Waals surface area contributed by atoms with Gasteiger partial charge in [0, 0.05) is 12.6 Å². The first-order chi connectivity index (χ1) is 9.08. The summed E-state index contributed by atoms with van der Waals surface area (Å²) in [5.41, 5.74) is 0.646. The first-order valence-corrected chi connectivity index (χ1v) is 5.59. The van der Waals surface area contributed by atoms with Crippen LogP contribution >= 0.6 is 0 Å². The molecule has 1 amide bonds. The average Bonchev–Trinajstić information content (AvgIpc) is 2.72. The maximum Gasteiger partial charge on any atom is 0.343 e. The lowest BCUT2D eigenvalue weighted by molar-refractivity contribution is -0.392. The van der Waals surface area contributed by atoms with E-state index in [-0.39, 0.29) is 18.3 Å². The van der Waals surface area contributed by atoms with Crippen LogP contribution in [0.2, 0.25) is 0 Å². The molecule has 1 heterocycles. The number of hydrogen-bond acceptors (Lipinski definition) is 4. The van der Waals surface area contributed by atoms with Crippen molar-refractivity contribution in [3.05, 3.63) is 52.5 Å². The fraction of sp³-hybridized carbons (Fsp3) is 0.167. The van der Waals surface area contributed by atoms with Gasteiger partial charge in [-0.3, -0.25) is 4.79 Å². The molecule has 0 bridgehead atoms. The zero-order valence-corrected chi connectivity index (χ0v) is 10.2. The number of nitrogens with one attached hydrogen (secondary N) is 1. The topological polar surface area (TPSA) is 90.1 Å². The number of anilines is 1. The van der Waals surface area contributed by atoms with Crippen LogP contribution in [0.3, 0.4) is 0 Å². The van der Waals surface area contributed by atoms with E-state index in [0.29, 0.717) is 11.5 Å². The second-order valence-corrected chi connectivity index (χ2v) is 3.92. The molecular weight excluding hydrogens is 248 g/mol. The lowest BCUT2D eigenvalue weighted by Crippen LogP contribution is -2.20. The highest BCUT2D eigenvalue weighted by Crippen LogP contribution is 2.14. The molecule has 2 aromatic rings. The molecule has 0 radical (unpaired) electrons. The predicted molar refractivity (Wildman–Crippen MR) is 68.7 cm³/mol. The van der Waals surface area contributed by atoms with E-state index < -0.39 is 4.92 Å². The van der Waals surface area contributed by atoms with Crippen LogP contribution in [0.4, 0.5) is 11.5 Å². The van der Waals surface area contributed by atoms with Gasteiger partial charge in [-0.05, 0) is 17.1 Å². The zero-order valence-electron chi connectivity index (χ0n) is 10.2. The summed E-state index contributed by atoms with van der Waals surface area (Å²) in [7, 11) is 0. The van der Waals surface area contributed by atoms with Crippen molar-refractivity contribution in [3.8, 4) is 0 Å².